The number of halogens is 1. The number of hydrogen-bond acceptors (Lipinski definition) is 3. The lowest BCUT2D eigenvalue weighted by molar-refractivity contribution is 0.350. The molecule has 2 aromatic carbocycles. The van der Waals surface area contributed by atoms with Crippen molar-refractivity contribution in [3.8, 4) is 11.8 Å². The van der Waals surface area contributed by atoms with Gasteiger partial charge in [0.1, 0.15) is 12.4 Å². The van der Waals surface area contributed by atoms with Gasteiger partial charge in [0.15, 0.2) is 0 Å². The van der Waals surface area contributed by atoms with Crippen molar-refractivity contribution >= 4 is 15.7 Å². The molecule has 0 aliphatic heterocycles. The van der Waals surface area contributed by atoms with E-state index in [1.54, 1.807) is 12.1 Å². The third-order valence-corrected chi connectivity index (χ3v) is 3.93. The van der Waals surface area contributed by atoms with Gasteiger partial charge in [-0.25, -0.2) is 12.8 Å². The molecule has 21 heavy (non-hydrogen) atoms. The van der Waals surface area contributed by atoms with Gasteiger partial charge in [0, 0.05) is 11.3 Å². The van der Waals surface area contributed by atoms with Crippen molar-refractivity contribution in [1.82, 2.24) is 0 Å². The highest BCUT2D eigenvalue weighted by molar-refractivity contribution is 7.92. The Morgan fingerprint density at radius 3 is 2.48 bits per heavy atom. The van der Waals surface area contributed by atoms with Crippen molar-refractivity contribution in [2.45, 2.75) is 4.90 Å². The maximum atomic E-state index is 13.1. The summed E-state index contributed by atoms with van der Waals surface area (Å²) in [6.45, 7) is -0.242. The average Bonchev–Trinajstić information content (AvgIpc) is 2.46. The van der Waals surface area contributed by atoms with Crippen molar-refractivity contribution in [1.29, 1.82) is 0 Å². The standard InChI is InChI=1S/C15H12FNO3S/c16-13-4-1-5-15(11-13)21(19,20)17-14-8-6-12(7-9-14)3-2-10-18/h1,4-9,11,17-18H,10H2. The third-order valence-electron chi connectivity index (χ3n) is 2.56. The lowest BCUT2D eigenvalue weighted by Gasteiger charge is -2.08. The normalized spacial score (nSPS) is 10.6. The van der Waals surface area contributed by atoms with E-state index >= 15 is 0 Å². The highest BCUT2D eigenvalue weighted by atomic mass is 32.2. The van der Waals surface area contributed by atoms with Crippen LogP contribution < -0.4 is 4.72 Å². The molecule has 108 valence electrons. The van der Waals surface area contributed by atoms with Crippen LogP contribution in [0.2, 0.25) is 0 Å². The molecule has 0 aliphatic rings. The van der Waals surface area contributed by atoms with Crippen LogP contribution in [0, 0.1) is 17.7 Å². The minimum Gasteiger partial charge on any atom is -0.384 e. The Morgan fingerprint density at radius 1 is 1.14 bits per heavy atom. The fourth-order valence-electron chi connectivity index (χ4n) is 1.61. The van der Waals surface area contributed by atoms with E-state index in [1.807, 2.05) is 0 Å². The second kappa shape index (κ2) is 6.39. The van der Waals surface area contributed by atoms with Gasteiger partial charge >= 0.3 is 0 Å². The number of benzene rings is 2. The number of anilines is 1. The Labute approximate surface area is 122 Å². The SMILES string of the molecule is O=S(=O)(Nc1ccc(C#CCO)cc1)c1cccc(F)c1. The van der Waals surface area contributed by atoms with Crippen molar-refractivity contribution in [2.24, 2.45) is 0 Å². The first-order valence-electron chi connectivity index (χ1n) is 5.99. The molecule has 2 aromatic rings. The monoisotopic (exact) mass is 305 g/mol. The van der Waals surface area contributed by atoms with Crippen LogP contribution in [0.15, 0.2) is 53.4 Å². The van der Waals surface area contributed by atoms with E-state index in [0.29, 0.717) is 11.3 Å². The molecule has 0 unspecified atom stereocenters. The largest absolute Gasteiger partial charge is 0.384 e. The van der Waals surface area contributed by atoms with Crippen LogP contribution in [-0.4, -0.2) is 20.1 Å². The van der Waals surface area contributed by atoms with Crippen LogP contribution in [0.5, 0.6) is 0 Å². The number of sulfonamides is 1. The van der Waals surface area contributed by atoms with E-state index in [0.717, 1.165) is 6.07 Å². The van der Waals surface area contributed by atoms with Crippen molar-refractivity contribution < 1.29 is 17.9 Å². The van der Waals surface area contributed by atoms with Crippen molar-refractivity contribution in [3.63, 3.8) is 0 Å². The summed E-state index contributed by atoms with van der Waals surface area (Å²) < 4.78 is 39.6. The smallest absolute Gasteiger partial charge is 0.261 e. The molecule has 0 aromatic heterocycles. The van der Waals surface area contributed by atoms with Crippen LogP contribution >= 0.6 is 0 Å². The Morgan fingerprint density at radius 2 is 1.86 bits per heavy atom. The zero-order chi connectivity index (χ0) is 15.3. The Bertz CT molecular complexity index is 790. The van der Waals surface area contributed by atoms with Gasteiger partial charge in [-0.05, 0) is 42.5 Å². The molecule has 6 heteroatoms. The van der Waals surface area contributed by atoms with Gasteiger partial charge in [-0.1, -0.05) is 17.9 Å². The molecule has 0 radical (unpaired) electrons. The van der Waals surface area contributed by atoms with E-state index < -0.39 is 15.8 Å². The van der Waals surface area contributed by atoms with Gasteiger partial charge < -0.3 is 5.11 Å². The molecule has 2 rings (SSSR count). The first-order chi connectivity index (χ1) is 10.0. The van der Waals surface area contributed by atoms with Crippen molar-refractivity contribution in [2.75, 3.05) is 11.3 Å². The van der Waals surface area contributed by atoms with Crippen LogP contribution in [0.25, 0.3) is 0 Å². The Balaban J connectivity index is 2.21. The minimum absolute atomic E-state index is 0.147. The summed E-state index contributed by atoms with van der Waals surface area (Å²) in [5.74, 6) is 4.57. The fourth-order valence-corrected chi connectivity index (χ4v) is 2.70. The number of hydrogen-bond donors (Lipinski definition) is 2. The molecule has 0 saturated carbocycles. The summed E-state index contributed by atoms with van der Waals surface area (Å²) in [4.78, 5) is -0.147. The number of aliphatic hydroxyl groups is 1. The van der Waals surface area contributed by atoms with Crippen LogP contribution in [0.4, 0.5) is 10.1 Å². The van der Waals surface area contributed by atoms with Crippen molar-refractivity contribution in [3.05, 3.63) is 59.9 Å². The second-order valence-electron chi connectivity index (χ2n) is 4.10. The Kier molecular flexibility index (Phi) is 4.58. The zero-order valence-corrected chi connectivity index (χ0v) is 11.7. The van der Waals surface area contributed by atoms with E-state index in [9.17, 15) is 12.8 Å². The first-order valence-corrected chi connectivity index (χ1v) is 7.48. The second-order valence-corrected chi connectivity index (χ2v) is 5.78. The molecule has 0 spiro atoms. The van der Waals surface area contributed by atoms with Gasteiger partial charge in [0.25, 0.3) is 10.0 Å². The lowest BCUT2D eigenvalue weighted by atomic mass is 10.2. The van der Waals surface area contributed by atoms with E-state index in [4.69, 9.17) is 5.11 Å². The molecule has 2 N–H and O–H groups in total. The highest BCUT2D eigenvalue weighted by Crippen LogP contribution is 2.17. The molecule has 4 nitrogen and oxygen atoms in total. The van der Waals surface area contributed by atoms with Gasteiger partial charge in [0.2, 0.25) is 0 Å². The van der Waals surface area contributed by atoms with E-state index in [2.05, 4.69) is 16.6 Å². The molecule has 0 fully saturated rings. The highest BCUT2D eigenvalue weighted by Gasteiger charge is 2.14. The van der Waals surface area contributed by atoms with Gasteiger partial charge in [-0.3, -0.25) is 4.72 Å². The van der Waals surface area contributed by atoms with Gasteiger partial charge in [-0.2, -0.15) is 0 Å². The lowest BCUT2D eigenvalue weighted by Crippen LogP contribution is -2.13. The van der Waals surface area contributed by atoms with Crippen LogP contribution in [-0.2, 0) is 10.0 Å². The molecule has 0 amide bonds. The van der Waals surface area contributed by atoms with Crippen LogP contribution in [0.1, 0.15) is 5.56 Å². The minimum atomic E-state index is -3.83. The first kappa shape index (κ1) is 15.0. The van der Waals surface area contributed by atoms with Gasteiger partial charge in [-0.15, -0.1) is 0 Å². The molecule has 0 saturated heterocycles. The molecule has 0 atom stereocenters. The molecule has 0 heterocycles. The van der Waals surface area contributed by atoms with E-state index in [1.165, 1.54) is 30.3 Å². The summed E-state index contributed by atoms with van der Waals surface area (Å²) >= 11 is 0. The van der Waals surface area contributed by atoms with E-state index in [-0.39, 0.29) is 11.5 Å². The summed E-state index contributed by atoms with van der Waals surface area (Å²) in [6.07, 6.45) is 0. The molecule has 0 bridgehead atoms. The summed E-state index contributed by atoms with van der Waals surface area (Å²) in [7, 11) is -3.83. The molecular weight excluding hydrogens is 293 g/mol. The summed E-state index contributed by atoms with van der Waals surface area (Å²) in [5, 5.41) is 8.59. The predicted molar refractivity (Wildman–Crippen MR) is 77.6 cm³/mol. The van der Waals surface area contributed by atoms with Gasteiger partial charge in [0.05, 0.1) is 4.90 Å². The zero-order valence-electron chi connectivity index (χ0n) is 10.9. The van der Waals surface area contributed by atoms with Crippen LogP contribution in [0.3, 0.4) is 0 Å². The third kappa shape index (κ3) is 4.05. The topological polar surface area (TPSA) is 66.4 Å². The molecule has 0 aliphatic carbocycles. The maximum Gasteiger partial charge on any atom is 0.261 e. The number of rotatable bonds is 3. The maximum absolute atomic E-state index is 13.1. The summed E-state index contributed by atoms with van der Waals surface area (Å²) in [5.41, 5.74) is 0.992. The fraction of sp³-hybridized carbons (Fsp3) is 0.0667. The summed E-state index contributed by atoms with van der Waals surface area (Å²) in [6, 6.07) is 11.1. The Hall–Kier alpha value is -2.36. The molecular formula is C15H12FNO3S. The average molecular weight is 305 g/mol. The number of nitrogens with one attached hydrogen (secondary N) is 1. The quantitative estimate of drug-likeness (QED) is 0.852. The number of aliphatic hydroxyl groups excluding tert-OH is 1. The predicted octanol–water partition coefficient (Wildman–Crippen LogP) is 1.97.